The van der Waals surface area contributed by atoms with Gasteiger partial charge >= 0.3 is 0 Å². The van der Waals surface area contributed by atoms with Crippen LogP contribution in [-0.2, 0) is 0 Å². The second-order valence-corrected chi connectivity index (χ2v) is 5.58. The van der Waals surface area contributed by atoms with Crippen molar-refractivity contribution in [2.75, 3.05) is 13.3 Å². The summed E-state index contributed by atoms with van der Waals surface area (Å²) in [5.41, 5.74) is 7.39. The fourth-order valence-corrected chi connectivity index (χ4v) is 2.24. The summed E-state index contributed by atoms with van der Waals surface area (Å²) in [5, 5.41) is 10.9. The van der Waals surface area contributed by atoms with E-state index in [1.807, 2.05) is 0 Å². The van der Waals surface area contributed by atoms with E-state index < -0.39 is 31.6 Å². The van der Waals surface area contributed by atoms with E-state index in [1.54, 1.807) is 48.5 Å². The van der Waals surface area contributed by atoms with E-state index in [0.717, 1.165) is 5.56 Å². The second kappa shape index (κ2) is 8.24. The van der Waals surface area contributed by atoms with Crippen LogP contribution in [0.1, 0.15) is 23.3 Å². The molecule has 2 aromatic rings. The number of aliphatic hydroxyl groups excluding tert-OH is 1. The third kappa shape index (κ3) is 4.64. The van der Waals surface area contributed by atoms with Crippen LogP contribution >= 0.6 is 11.6 Å². The first-order chi connectivity index (χ1) is 11.0. The molecule has 3 N–H and O–H groups in total. The average molecular weight is 342 g/mol. The molecule has 2 rings (SSSR count). The molecule has 0 bridgehead atoms. The van der Waals surface area contributed by atoms with Gasteiger partial charge < -0.3 is 15.6 Å². The number of benzene rings is 2. The standard InChI is InChI=1S/C17H18ClF2NO2/c18-13-5-1-11(2-6-13)16(21)17(22)12-3-7-14(8-4-12)23-15(9-19)10-20/h1-8,15-17,22H,9-10,21H2/t16-,17+/m0/s1. The zero-order valence-electron chi connectivity index (χ0n) is 12.3. The van der Waals surface area contributed by atoms with Gasteiger partial charge in [-0.1, -0.05) is 35.9 Å². The topological polar surface area (TPSA) is 55.5 Å². The Balaban J connectivity index is 2.07. The first-order valence-electron chi connectivity index (χ1n) is 7.12. The van der Waals surface area contributed by atoms with Crippen LogP contribution in [0.25, 0.3) is 0 Å². The number of ether oxygens (including phenoxy) is 1. The summed E-state index contributed by atoms with van der Waals surface area (Å²) >= 11 is 5.83. The van der Waals surface area contributed by atoms with Gasteiger partial charge in [0.25, 0.3) is 0 Å². The Morgan fingerprint density at radius 2 is 1.48 bits per heavy atom. The van der Waals surface area contributed by atoms with Crippen molar-refractivity contribution in [1.82, 2.24) is 0 Å². The molecule has 0 aliphatic heterocycles. The van der Waals surface area contributed by atoms with Crippen LogP contribution in [-0.4, -0.2) is 24.6 Å². The first-order valence-corrected chi connectivity index (χ1v) is 7.50. The summed E-state index contributed by atoms with van der Waals surface area (Å²) in [6, 6.07) is 12.6. The predicted octanol–water partition coefficient (Wildman–Crippen LogP) is 3.76. The molecule has 0 aliphatic carbocycles. The lowest BCUT2D eigenvalue weighted by Crippen LogP contribution is -2.21. The van der Waals surface area contributed by atoms with Crippen molar-refractivity contribution in [1.29, 1.82) is 0 Å². The third-order valence-corrected chi connectivity index (χ3v) is 3.72. The van der Waals surface area contributed by atoms with Gasteiger partial charge in [-0.2, -0.15) is 0 Å². The third-order valence-electron chi connectivity index (χ3n) is 3.46. The van der Waals surface area contributed by atoms with Crippen molar-refractivity contribution >= 4 is 11.6 Å². The van der Waals surface area contributed by atoms with Gasteiger partial charge in [-0.25, -0.2) is 8.78 Å². The van der Waals surface area contributed by atoms with Gasteiger partial charge in [0.05, 0.1) is 12.1 Å². The normalized spacial score (nSPS) is 13.8. The second-order valence-electron chi connectivity index (χ2n) is 5.14. The fraction of sp³-hybridized carbons (Fsp3) is 0.294. The minimum absolute atomic E-state index is 0.335. The molecule has 0 heterocycles. The summed E-state index contributed by atoms with van der Waals surface area (Å²) in [7, 11) is 0. The Bertz CT molecular complexity index is 603. The molecule has 2 aromatic carbocycles. The SMILES string of the molecule is N[C@@H](c1ccc(Cl)cc1)[C@H](O)c1ccc(OC(CF)CF)cc1. The van der Waals surface area contributed by atoms with Crippen LogP contribution in [0.15, 0.2) is 48.5 Å². The number of hydrogen-bond acceptors (Lipinski definition) is 3. The number of halogens is 3. The molecule has 6 heteroatoms. The lowest BCUT2D eigenvalue weighted by molar-refractivity contribution is 0.132. The van der Waals surface area contributed by atoms with Crippen molar-refractivity contribution in [3.8, 4) is 5.75 Å². The van der Waals surface area contributed by atoms with Gasteiger partial charge in [-0.15, -0.1) is 0 Å². The summed E-state index contributed by atoms with van der Waals surface area (Å²) in [6.07, 6.45) is -2.04. The van der Waals surface area contributed by atoms with Gasteiger partial charge in [-0.3, -0.25) is 0 Å². The molecular weight excluding hydrogens is 324 g/mol. The average Bonchev–Trinajstić information content (AvgIpc) is 2.59. The van der Waals surface area contributed by atoms with E-state index in [0.29, 0.717) is 16.3 Å². The van der Waals surface area contributed by atoms with Crippen LogP contribution < -0.4 is 10.5 Å². The highest BCUT2D eigenvalue weighted by Crippen LogP contribution is 2.28. The highest BCUT2D eigenvalue weighted by Gasteiger charge is 2.19. The maximum atomic E-state index is 12.4. The molecule has 0 fully saturated rings. The predicted molar refractivity (Wildman–Crippen MR) is 86.1 cm³/mol. The van der Waals surface area contributed by atoms with E-state index in [-0.39, 0.29) is 0 Å². The van der Waals surface area contributed by atoms with Gasteiger partial charge in [-0.05, 0) is 35.4 Å². The molecule has 0 saturated heterocycles. The van der Waals surface area contributed by atoms with Gasteiger partial charge in [0.15, 0.2) is 6.10 Å². The molecule has 0 spiro atoms. The van der Waals surface area contributed by atoms with Crippen molar-refractivity contribution in [3.05, 3.63) is 64.7 Å². The van der Waals surface area contributed by atoms with Crippen LogP contribution in [0.5, 0.6) is 5.75 Å². The van der Waals surface area contributed by atoms with Crippen LogP contribution in [0.2, 0.25) is 5.02 Å². The highest BCUT2D eigenvalue weighted by atomic mass is 35.5. The minimum Gasteiger partial charge on any atom is -0.485 e. The minimum atomic E-state index is -1.11. The van der Waals surface area contributed by atoms with Gasteiger partial charge in [0.1, 0.15) is 19.1 Å². The molecule has 0 aromatic heterocycles. The van der Waals surface area contributed by atoms with Gasteiger partial charge in [0.2, 0.25) is 0 Å². The number of aliphatic hydroxyl groups is 1. The summed E-state index contributed by atoms with van der Waals surface area (Å²) in [4.78, 5) is 0. The Labute approximate surface area is 138 Å². The lowest BCUT2D eigenvalue weighted by Gasteiger charge is -2.20. The van der Waals surface area contributed by atoms with Crippen molar-refractivity contribution < 1.29 is 18.6 Å². The van der Waals surface area contributed by atoms with Crippen molar-refractivity contribution in [3.63, 3.8) is 0 Å². The van der Waals surface area contributed by atoms with Gasteiger partial charge in [0, 0.05) is 5.02 Å². The molecule has 0 unspecified atom stereocenters. The van der Waals surface area contributed by atoms with Crippen molar-refractivity contribution in [2.45, 2.75) is 18.2 Å². The number of nitrogens with two attached hydrogens (primary N) is 1. The first kappa shape index (κ1) is 17.7. The maximum absolute atomic E-state index is 12.4. The molecule has 0 saturated carbocycles. The van der Waals surface area contributed by atoms with E-state index in [1.165, 1.54) is 0 Å². The van der Waals surface area contributed by atoms with Crippen LogP contribution in [0.3, 0.4) is 0 Å². The Morgan fingerprint density at radius 1 is 0.957 bits per heavy atom. The van der Waals surface area contributed by atoms with E-state index in [9.17, 15) is 13.9 Å². The summed E-state index contributed by atoms with van der Waals surface area (Å²) in [5.74, 6) is 0.335. The molecule has 124 valence electrons. The number of rotatable bonds is 7. The molecule has 2 atom stereocenters. The lowest BCUT2D eigenvalue weighted by atomic mass is 9.96. The van der Waals surface area contributed by atoms with E-state index >= 15 is 0 Å². The smallest absolute Gasteiger partial charge is 0.155 e. The number of hydrogen-bond donors (Lipinski definition) is 2. The quantitative estimate of drug-likeness (QED) is 0.806. The highest BCUT2D eigenvalue weighted by molar-refractivity contribution is 6.30. The Kier molecular flexibility index (Phi) is 6.33. The molecule has 3 nitrogen and oxygen atoms in total. The monoisotopic (exact) mass is 341 g/mol. The number of alkyl halides is 2. The summed E-state index contributed by atoms with van der Waals surface area (Å²) < 4.78 is 30.0. The van der Waals surface area contributed by atoms with Crippen LogP contribution in [0.4, 0.5) is 8.78 Å². The Morgan fingerprint density at radius 3 is 2.00 bits per heavy atom. The maximum Gasteiger partial charge on any atom is 0.155 e. The zero-order valence-corrected chi connectivity index (χ0v) is 13.1. The molecule has 0 amide bonds. The fourth-order valence-electron chi connectivity index (χ4n) is 2.11. The zero-order chi connectivity index (χ0) is 16.8. The molecule has 0 radical (unpaired) electrons. The Hall–Kier alpha value is -1.69. The van der Waals surface area contributed by atoms with E-state index in [2.05, 4.69) is 0 Å². The molecule has 23 heavy (non-hydrogen) atoms. The largest absolute Gasteiger partial charge is 0.485 e. The van der Waals surface area contributed by atoms with Crippen molar-refractivity contribution in [2.24, 2.45) is 5.73 Å². The molecule has 0 aliphatic rings. The molecular formula is C17H18ClF2NO2. The summed E-state index contributed by atoms with van der Waals surface area (Å²) in [6.45, 7) is -1.80. The van der Waals surface area contributed by atoms with Crippen LogP contribution in [0, 0.1) is 0 Å². The van der Waals surface area contributed by atoms with E-state index in [4.69, 9.17) is 22.1 Å².